The van der Waals surface area contributed by atoms with E-state index in [9.17, 15) is 0 Å². The largest absolute Gasteiger partial charge is 0.448 e. The van der Waals surface area contributed by atoms with E-state index >= 15 is 0 Å². The predicted molar refractivity (Wildman–Crippen MR) is 74.4 cm³/mol. The zero-order valence-corrected chi connectivity index (χ0v) is 11.2. The molecular weight excluding hydrogens is 264 g/mol. The van der Waals surface area contributed by atoms with Crippen LogP contribution in [0.3, 0.4) is 0 Å². The van der Waals surface area contributed by atoms with Crippen molar-refractivity contribution in [1.82, 2.24) is 4.98 Å². The summed E-state index contributed by atoms with van der Waals surface area (Å²) in [5.74, 6) is 1.55. The van der Waals surface area contributed by atoms with Gasteiger partial charge in [-0.15, -0.1) is 0 Å². The van der Waals surface area contributed by atoms with Crippen molar-refractivity contribution in [1.29, 1.82) is 0 Å². The van der Waals surface area contributed by atoms with Crippen LogP contribution in [0.2, 0.25) is 5.22 Å². The molecule has 4 nitrogen and oxygen atoms in total. The minimum Gasteiger partial charge on any atom is -0.448 e. The maximum absolute atomic E-state index is 5.72. The lowest BCUT2D eigenvalue weighted by molar-refractivity contribution is 0.520. The Morgan fingerprint density at radius 3 is 2.84 bits per heavy atom. The number of benzene rings is 1. The molecule has 5 heteroatoms. The van der Waals surface area contributed by atoms with Gasteiger partial charge in [0, 0.05) is 12.1 Å². The summed E-state index contributed by atoms with van der Waals surface area (Å²) in [6, 6.07) is 9.41. The molecule has 3 rings (SSSR count). The molecular formula is C14H13ClN2O2. The Hall–Kier alpha value is -1.94. The number of anilines is 1. The number of nitrogens with zero attached hydrogens (tertiary/aromatic N) is 1. The highest BCUT2D eigenvalue weighted by Crippen LogP contribution is 2.21. The fourth-order valence-electron chi connectivity index (χ4n) is 1.87. The van der Waals surface area contributed by atoms with Crippen molar-refractivity contribution in [3.8, 4) is 0 Å². The summed E-state index contributed by atoms with van der Waals surface area (Å²) < 4.78 is 10.8. The molecule has 0 bridgehead atoms. The molecule has 3 aromatic rings. The fourth-order valence-corrected chi connectivity index (χ4v) is 2.03. The minimum atomic E-state index is 0.399. The third-order valence-electron chi connectivity index (χ3n) is 2.83. The molecule has 98 valence electrons. The van der Waals surface area contributed by atoms with E-state index in [1.165, 1.54) is 0 Å². The van der Waals surface area contributed by atoms with Crippen LogP contribution < -0.4 is 5.32 Å². The van der Waals surface area contributed by atoms with Crippen molar-refractivity contribution >= 4 is 28.4 Å². The van der Waals surface area contributed by atoms with Gasteiger partial charge in [0.15, 0.2) is 16.7 Å². The van der Waals surface area contributed by atoms with E-state index in [1.807, 2.05) is 31.2 Å². The predicted octanol–water partition coefficient (Wildman–Crippen LogP) is 4.25. The van der Waals surface area contributed by atoms with Crippen molar-refractivity contribution in [2.24, 2.45) is 0 Å². The number of hydrogen-bond acceptors (Lipinski definition) is 4. The first kappa shape index (κ1) is 12.1. The number of nitrogens with one attached hydrogen (secondary N) is 1. The van der Waals surface area contributed by atoms with Gasteiger partial charge in [-0.25, -0.2) is 4.98 Å². The second-order valence-electron chi connectivity index (χ2n) is 4.20. The van der Waals surface area contributed by atoms with E-state index in [0.717, 1.165) is 34.9 Å². The lowest BCUT2D eigenvalue weighted by atomic mass is 10.3. The second kappa shape index (κ2) is 4.97. The third kappa shape index (κ3) is 2.58. The van der Waals surface area contributed by atoms with Crippen LogP contribution in [0, 0.1) is 0 Å². The Kier molecular flexibility index (Phi) is 3.17. The van der Waals surface area contributed by atoms with Crippen LogP contribution in [0.5, 0.6) is 0 Å². The van der Waals surface area contributed by atoms with Crippen LogP contribution >= 0.6 is 11.6 Å². The van der Waals surface area contributed by atoms with Gasteiger partial charge in [0.2, 0.25) is 0 Å². The summed E-state index contributed by atoms with van der Waals surface area (Å²) in [5, 5.41) is 3.66. The molecule has 0 aliphatic rings. The molecule has 1 aromatic carbocycles. The SMILES string of the molecule is CCc1nc2cc(NCc3ccc(Cl)o3)ccc2o1. The van der Waals surface area contributed by atoms with E-state index in [1.54, 1.807) is 6.07 Å². The molecule has 0 fully saturated rings. The van der Waals surface area contributed by atoms with Crippen LogP contribution in [0.4, 0.5) is 5.69 Å². The highest BCUT2D eigenvalue weighted by Gasteiger charge is 2.05. The molecule has 1 N–H and O–H groups in total. The summed E-state index contributed by atoms with van der Waals surface area (Å²) in [4.78, 5) is 4.40. The van der Waals surface area contributed by atoms with E-state index in [4.69, 9.17) is 20.4 Å². The van der Waals surface area contributed by atoms with Gasteiger partial charge in [-0.3, -0.25) is 0 Å². The molecule has 0 spiro atoms. The number of aromatic nitrogens is 1. The Balaban J connectivity index is 1.77. The molecule has 0 radical (unpaired) electrons. The van der Waals surface area contributed by atoms with Gasteiger partial charge in [-0.2, -0.15) is 0 Å². The van der Waals surface area contributed by atoms with E-state index in [0.29, 0.717) is 11.8 Å². The van der Waals surface area contributed by atoms with E-state index < -0.39 is 0 Å². The van der Waals surface area contributed by atoms with Gasteiger partial charge in [-0.05, 0) is 41.9 Å². The van der Waals surface area contributed by atoms with Crippen molar-refractivity contribution in [3.63, 3.8) is 0 Å². The Morgan fingerprint density at radius 1 is 1.21 bits per heavy atom. The third-order valence-corrected chi connectivity index (χ3v) is 3.03. The Labute approximate surface area is 115 Å². The molecule has 0 aliphatic carbocycles. The van der Waals surface area contributed by atoms with Gasteiger partial charge in [-0.1, -0.05) is 6.92 Å². The summed E-state index contributed by atoms with van der Waals surface area (Å²) in [6.07, 6.45) is 0.794. The Bertz CT molecular complexity index is 702. The average molecular weight is 277 g/mol. The molecule has 0 aliphatic heterocycles. The molecule has 0 amide bonds. The molecule has 0 saturated carbocycles. The number of aryl methyl sites for hydroxylation is 1. The van der Waals surface area contributed by atoms with Gasteiger partial charge < -0.3 is 14.2 Å². The van der Waals surface area contributed by atoms with Gasteiger partial charge >= 0.3 is 0 Å². The number of furan rings is 1. The monoisotopic (exact) mass is 276 g/mol. The van der Waals surface area contributed by atoms with Crippen LogP contribution in [0.25, 0.3) is 11.1 Å². The summed E-state index contributed by atoms with van der Waals surface area (Å²) in [5.41, 5.74) is 2.64. The van der Waals surface area contributed by atoms with E-state index in [2.05, 4.69) is 10.3 Å². The number of oxazole rings is 1. The van der Waals surface area contributed by atoms with Crippen LogP contribution in [-0.4, -0.2) is 4.98 Å². The zero-order chi connectivity index (χ0) is 13.2. The molecule has 19 heavy (non-hydrogen) atoms. The number of hydrogen-bond donors (Lipinski definition) is 1. The summed E-state index contributed by atoms with van der Waals surface area (Å²) >= 11 is 5.72. The minimum absolute atomic E-state index is 0.399. The Morgan fingerprint density at radius 2 is 2.11 bits per heavy atom. The second-order valence-corrected chi connectivity index (χ2v) is 4.58. The van der Waals surface area contributed by atoms with Crippen LogP contribution in [0.1, 0.15) is 18.6 Å². The fraction of sp³-hybridized carbons (Fsp3) is 0.214. The highest BCUT2D eigenvalue weighted by molar-refractivity contribution is 6.28. The van der Waals surface area contributed by atoms with E-state index in [-0.39, 0.29) is 0 Å². The van der Waals surface area contributed by atoms with Gasteiger partial charge in [0.05, 0.1) is 6.54 Å². The van der Waals surface area contributed by atoms with Crippen LogP contribution in [-0.2, 0) is 13.0 Å². The lowest BCUT2D eigenvalue weighted by Crippen LogP contribution is -1.97. The average Bonchev–Trinajstić information content (AvgIpc) is 3.01. The van der Waals surface area contributed by atoms with Gasteiger partial charge in [0.25, 0.3) is 0 Å². The topological polar surface area (TPSA) is 51.2 Å². The molecule has 0 unspecified atom stereocenters. The summed E-state index contributed by atoms with van der Waals surface area (Å²) in [6.45, 7) is 2.60. The standard InChI is InChI=1S/C14H13ClN2O2/c1-2-14-17-11-7-9(3-5-12(11)19-14)16-8-10-4-6-13(15)18-10/h3-7,16H,2,8H2,1H3. The molecule has 2 aromatic heterocycles. The normalized spacial score (nSPS) is 11.1. The van der Waals surface area contributed by atoms with Crippen molar-refractivity contribution in [2.45, 2.75) is 19.9 Å². The maximum atomic E-state index is 5.72. The zero-order valence-electron chi connectivity index (χ0n) is 10.4. The maximum Gasteiger partial charge on any atom is 0.195 e. The molecule has 0 atom stereocenters. The quantitative estimate of drug-likeness (QED) is 0.774. The number of fused-ring (bicyclic) bond motifs is 1. The van der Waals surface area contributed by atoms with Crippen molar-refractivity contribution < 1.29 is 8.83 Å². The van der Waals surface area contributed by atoms with Crippen LogP contribution in [0.15, 0.2) is 39.2 Å². The molecule has 0 saturated heterocycles. The first-order valence-electron chi connectivity index (χ1n) is 6.12. The summed E-state index contributed by atoms with van der Waals surface area (Å²) in [7, 11) is 0. The van der Waals surface area contributed by atoms with Gasteiger partial charge in [0.1, 0.15) is 11.3 Å². The smallest absolute Gasteiger partial charge is 0.195 e. The van der Waals surface area contributed by atoms with Crippen molar-refractivity contribution in [2.75, 3.05) is 5.32 Å². The number of rotatable bonds is 4. The van der Waals surface area contributed by atoms with Crippen molar-refractivity contribution in [3.05, 3.63) is 47.2 Å². The highest BCUT2D eigenvalue weighted by atomic mass is 35.5. The lowest BCUT2D eigenvalue weighted by Gasteiger charge is -2.03. The first-order chi connectivity index (χ1) is 9.24. The molecule has 2 heterocycles. The first-order valence-corrected chi connectivity index (χ1v) is 6.50. The number of halogens is 1.